The van der Waals surface area contributed by atoms with E-state index in [0.29, 0.717) is 6.04 Å². The van der Waals surface area contributed by atoms with Gasteiger partial charge in [-0.05, 0) is 30.7 Å². The van der Waals surface area contributed by atoms with Crippen LogP contribution in [0.1, 0.15) is 13.3 Å². The second-order valence-corrected chi connectivity index (χ2v) is 5.88. The van der Waals surface area contributed by atoms with E-state index in [1.165, 1.54) is 0 Å². The highest BCUT2D eigenvalue weighted by Gasteiger charge is 2.16. The van der Waals surface area contributed by atoms with Gasteiger partial charge in [-0.2, -0.15) is 0 Å². The molecule has 0 aromatic heterocycles. The summed E-state index contributed by atoms with van der Waals surface area (Å²) in [7, 11) is 0. The van der Waals surface area contributed by atoms with Crippen molar-refractivity contribution in [1.29, 1.82) is 0 Å². The standard InChI is InChI=1S/C17H18N2OS/c1-2-13-12-21-17(18-13)19-14-7-6-10-16(11-14)20-15-8-4-3-5-9-15/h3-11,13H,2,12H2,1H3,(H,18,19). The number of nitrogens with zero attached hydrogens (tertiary/aromatic N) is 1. The first kappa shape index (κ1) is 14.0. The van der Waals surface area contributed by atoms with Crippen molar-refractivity contribution in [2.45, 2.75) is 19.4 Å². The highest BCUT2D eigenvalue weighted by molar-refractivity contribution is 8.14. The molecule has 3 nitrogen and oxygen atoms in total. The Morgan fingerprint density at radius 1 is 1.14 bits per heavy atom. The van der Waals surface area contributed by atoms with E-state index in [2.05, 4.69) is 17.2 Å². The van der Waals surface area contributed by atoms with Gasteiger partial charge in [-0.1, -0.05) is 43.0 Å². The number of anilines is 1. The number of aliphatic imine (C=N–C) groups is 1. The average molecular weight is 298 g/mol. The van der Waals surface area contributed by atoms with Crippen molar-refractivity contribution < 1.29 is 4.74 Å². The van der Waals surface area contributed by atoms with Crippen LogP contribution >= 0.6 is 11.8 Å². The molecule has 1 aliphatic rings. The van der Waals surface area contributed by atoms with Crippen molar-refractivity contribution in [3.05, 3.63) is 54.6 Å². The molecule has 1 aliphatic heterocycles. The van der Waals surface area contributed by atoms with Gasteiger partial charge < -0.3 is 10.1 Å². The van der Waals surface area contributed by atoms with E-state index < -0.39 is 0 Å². The molecule has 4 heteroatoms. The molecular weight excluding hydrogens is 280 g/mol. The summed E-state index contributed by atoms with van der Waals surface area (Å²) < 4.78 is 5.84. The maximum Gasteiger partial charge on any atom is 0.161 e. The van der Waals surface area contributed by atoms with Gasteiger partial charge in [0.2, 0.25) is 0 Å². The van der Waals surface area contributed by atoms with Crippen LogP contribution in [0.4, 0.5) is 5.69 Å². The minimum atomic E-state index is 0.446. The lowest BCUT2D eigenvalue weighted by atomic mass is 10.3. The molecule has 0 amide bonds. The summed E-state index contributed by atoms with van der Waals surface area (Å²) >= 11 is 1.78. The quantitative estimate of drug-likeness (QED) is 0.882. The van der Waals surface area contributed by atoms with E-state index >= 15 is 0 Å². The second-order valence-electron chi connectivity index (χ2n) is 4.88. The lowest BCUT2D eigenvalue weighted by molar-refractivity contribution is 0.483. The van der Waals surface area contributed by atoms with Crippen LogP contribution in [0.15, 0.2) is 59.6 Å². The van der Waals surface area contributed by atoms with Crippen molar-refractivity contribution in [3.63, 3.8) is 0 Å². The second kappa shape index (κ2) is 6.68. The Labute approximate surface area is 129 Å². The van der Waals surface area contributed by atoms with Crippen LogP contribution in [0, 0.1) is 0 Å². The minimum absolute atomic E-state index is 0.446. The third-order valence-corrected chi connectivity index (χ3v) is 4.28. The number of rotatable bonds is 4. The molecule has 0 saturated carbocycles. The normalized spacial score (nSPS) is 17.4. The maximum atomic E-state index is 5.84. The summed E-state index contributed by atoms with van der Waals surface area (Å²) in [6.07, 6.45) is 1.09. The number of thioether (sulfide) groups is 1. The van der Waals surface area contributed by atoms with Crippen molar-refractivity contribution in [2.24, 2.45) is 4.99 Å². The number of ether oxygens (including phenoxy) is 1. The van der Waals surface area contributed by atoms with Crippen LogP contribution in [-0.2, 0) is 0 Å². The lowest BCUT2D eigenvalue weighted by Crippen LogP contribution is -2.05. The number of hydrogen-bond donors (Lipinski definition) is 1. The Balaban J connectivity index is 1.69. The minimum Gasteiger partial charge on any atom is -0.457 e. The fraction of sp³-hybridized carbons (Fsp3) is 0.235. The van der Waals surface area contributed by atoms with E-state index in [-0.39, 0.29) is 0 Å². The zero-order valence-electron chi connectivity index (χ0n) is 12.0. The summed E-state index contributed by atoms with van der Waals surface area (Å²) in [4.78, 5) is 4.64. The summed E-state index contributed by atoms with van der Waals surface area (Å²) in [5.41, 5.74) is 1.01. The van der Waals surface area contributed by atoms with Crippen LogP contribution in [0.25, 0.3) is 0 Å². The van der Waals surface area contributed by atoms with Gasteiger partial charge in [0, 0.05) is 17.5 Å². The maximum absolute atomic E-state index is 5.84. The van der Waals surface area contributed by atoms with Crippen molar-refractivity contribution in [3.8, 4) is 11.5 Å². The predicted molar refractivity (Wildman–Crippen MR) is 90.6 cm³/mol. The zero-order valence-corrected chi connectivity index (χ0v) is 12.8. The van der Waals surface area contributed by atoms with E-state index in [4.69, 9.17) is 4.74 Å². The summed E-state index contributed by atoms with van der Waals surface area (Å²) in [5.74, 6) is 2.73. The topological polar surface area (TPSA) is 33.6 Å². The summed E-state index contributed by atoms with van der Waals surface area (Å²) in [6, 6.07) is 18.2. The number of hydrogen-bond acceptors (Lipinski definition) is 4. The molecule has 108 valence electrons. The number of benzene rings is 2. The Morgan fingerprint density at radius 3 is 2.71 bits per heavy atom. The van der Waals surface area contributed by atoms with Gasteiger partial charge >= 0.3 is 0 Å². The molecule has 2 aromatic rings. The first-order chi connectivity index (χ1) is 10.3. The van der Waals surface area contributed by atoms with Crippen LogP contribution in [0.2, 0.25) is 0 Å². The highest BCUT2D eigenvalue weighted by Crippen LogP contribution is 2.26. The molecule has 21 heavy (non-hydrogen) atoms. The molecule has 0 saturated heterocycles. The molecule has 1 heterocycles. The van der Waals surface area contributed by atoms with Crippen LogP contribution in [0.5, 0.6) is 11.5 Å². The number of nitrogens with one attached hydrogen (secondary N) is 1. The van der Waals surface area contributed by atoms with Crippen LogP contribution < -0.4 is 10.1 Å². The lowest BCUT2D eigenvalue weighted by Gasteiger charge is -2.09. The van der Waals surface area contributed by atoms with Crippen molar-refractivity contribution in [2.75, 3.05) is 11.1 Å². The van der Waals surface area contributed by atoms with Gasteiger partial charge in [0.15, 0.2) is 5.17 Å². The van der Waals surface area contributed by atoms with Gasteiger partial charge in [0.05, 0.1) is 6.04 Å². The Kier molecular flexibility index (Phi) is 4.46. The molecule has 0 radical (unpaired) electrons. The van der Waals surface area contributed by atoms with Gasteiger partial charge in [-0.25, -0.2) is 0 Å². The molecule has 1 unspecified atom stereocenters. The van der Waals surface area contributed by atoms with Crippen LogP contribution in [-0.4, -0.2) is 17.0 Å². The van der Waals surface area contributed by atoms with Crippen molar-refractivity contribution in [1.82, 2.24) is 0 Å². The first-order valence-corrected chi connectivity index (χ1v) is 8.12. The average Bonchev–Trinajstić information content (AvgIpc) is 2.96. The smallest absolute Gasteiger partial charge is 0.161 e. The Bertz CT molecular complexity index is 628. The molecule has 0 spiro atoms. The Hall–Kier alpha value is -1.94. The van der Waals surface area contributed by atoms with Gasteiger partial charge in [-0.3, -0.25) is 4.99 Å². The predicted octanol–water partition coefficient (Wildman–Crippen LogP) is 4.77. The van der Waals surface area contributed by atoms with E-state index in [1.54, 1.807) is 11.8 Å². The molecule has 3 rings (SSSR count). The van der Waals surface area contributed by atoms with E-state index in [1.807, 2.05) is 54.6 Å². The monoisotopic (exact) mass is 298 g/mol. The molecule has 1 N–H and O–H groups in total. The van der Waals surface area contributed by atoms with E-state index in [9.17, 15) is 0 Å². The fourth-order valence-corrected chi connectivity index (χ4v) is 3.15. The molecular formula is C17H18N2OS. The molecule has 0 bridgehead atoms. The van der Waals surface area contributed by atoms with Gasteiger partial charge in [0.1, 0.15) is 11.5 Å². The fourth-order valence-electron chi connectivity index (χ4n) is 2.08. The zero-order chi connectivity index (χ0) is 14.5. The molecule has 1 atom stereocenters. The summed E-state index contributed by atoms with van der Waals surface area (Å²) in [5, 5.41) is 4.36. The van der Waals surface area contributed by atoms with Crippen molar-refractivity contribution >= 4 is 22.6 Å². The molecule has 0 aliphatic carbocycles. The third-order valence-electron chi connectivity index (χ3n) is 3.25. The van der Waals surface area contributed by atoms with Gasteiger partial charge in [-0.15, -0.1) is 0 Å². The first-order valence-electron chi connectivity index (χ1n) is 7.14. The van der Waals surface area contributed by atoms with Crippen LogP contribution in [0.3, 0.4) is 0 Å². The SMILES string of the molecule is CCC1CSC(Nc2cccc(Oc3ccccc3)c2)=N1. The molecule has 0 fully saturated rings. The number of para-hydroxylation sites is 1. The van der Waals surface area contributed by atoms with E-state index in [0.717, 1.165) is 34.5 Å². The largest absolute Gasteiger partial charge is 0.457 e. The number of amidine groups is 1. The Morgan fingerprint density at radius 2 is 1.95 bits per heavy atom. The highest BCUT2D eigenvalue weighted by atomic mass is 32.2. The summed E-state index contributed by atoms with van der Waals surface area (Å²) in [6.45, 7) is 2.17. The van der Waals surface area contributed by atoms with Gasteiger partial charge in [0.25, 0.3) is 0 Å². The molecule has 2 aromatic carbocycles. The third kappa shape index (κ3) is 3.79.